The third kappa shape index (κ3) is 7.30. The van der Waals surface area contributed by atoms with E-state index in [4.69, 9.17) is 5.73 Å². The van der Waals surface area contributed by atoms with Crippen LogP contribution in [0.25, 0.3) is 0 Å². The lowest BCUT2D eigenvalue weighted by molar-refractivity contribution is -0.128. The van der Waals surface area contributed by atoms with E-state index in [1.807, 2.05) is 74.5 Å². The van der Waals surface area contributed by atoms with Crippen LogP contribution in [0, 0.1) is 5.92 Å². The predicted molar refractivity (Wildman–Crippen MR) is 134 cm³/mol. The van der Waals surface area contributed by atoms with Gasteiger partial charge in [-0.2, -0.15) is 0 Å². The summed E-state index contributed by atoms with van der Waals surface area (Å²) in [5.74, 6) is -0.247. The summed E-state index contributed by atoms with van der Waals surface area (Å²) in [6.07, 6.45) is 1.47. The number of carbonyl (C=O) groups is 2. The molecule has 1 aliphatic heterocycles. The van der Waals surface area contributed by atoms with Gasteiger partial charge in [0.2, 0.25) is 5.91 Å². The zero-order valence-corrected chi connectivity index (χ0v) is 20.2. The Morgan fingerprint density at radius 2 is 1.65 bits per heavy atom. The van der Waals surface area contributed by atoms with E-state index in [0.29, 0.717) is 32.4 Å². The van der Waals surface area contributed by atoms with Gasteiger partial charge in [0.1, 0.15) is 6.04 Å². The fraction of sp³-hybridized carbons (Fsp3) is 0.481. The van der Waals surface area contributed by atoms with Gasteiger partial charge in [0.25, 0.3) is 0 Å². The van der Waals surface area contributed by atoms with Gasteiger partial charge in [0.05, 0.1) is 6.10 Å². The average molecular weight is 467 g/mol. The first-order valence-corrected chi connectivity index (χ1v) is 12.2. The lowest BCUT2D eigenvalue weighted by Crippen LogP contribution is -2.59. The second-order valence-electron chi connectivity index (χ2n) is 9.52. The van der Waals surface area contributed by atoms with E-state index < -0.39 is 18.2 Å². The van der Waals surface area contributed by atoms with Crippen LogP contribution in [-0.2, 0) is 17.6 Å². The molecule has 2 aromatic rings. The molecule has 0 spiro atoms. The van der Waals surface area contributed by atoms with Crippen molar-refractivity contribution in [2.75, 3.05) is 13.1 Å². The van der Waals surface area contributed by atoms with Crippen molar-refractivity contribution in [2.45, 2.75) is 63.8 Å². The van der Waals surface area contributed by atoms with Crippen LogP contribution in [0.3, 0.4) is 0 Å². The maximum absolute atomic E-state index is 13.4. The summed E-state index contributed by atoms with van der Waals surface area (Å²) in [4.78, 5) is 27.5. The van der Waals surface area contributed by atoms with Crippen molar-refractivity contribution >= 4 is 11.9 Å². The molecule has 34 heavy (non-hydrogen) atoms. The van der Waals surface area contributed by atoms with E-state index in [9.17, 15) is 14.7 Å². The van der Waals surface area contributed by atoms with Crippen molar-refractivity contribution in [3.63, 3.8) is 0 Å². The number of rotatable bonds is 11. The number of urea groups is 1. The van der Waals surface area contributed by atoms with Crippen LogP contribution in [-0.4, -0.2) is 59.3 Å². The summed E-state index contributed by atoms with van der Waals surface area (Å²) in [6, 6.07) is 18.2. The van der Waals surface area contributed by atoms with E-state index in [1.54, 1.807) is 4.90 Å². The summed E-state index contributed by atoms with van der Waals surface area (Å²) >= 11 is 0. The summed E-state index contributed by atoms with van der Waals surface area (Å²) < 4.78 is 0. The maximum Gasteiger partial charge on any atom is 0.318 e. The highest BCUT2D eigenvalue weighted by Crippen LogP contribution is 2.17. The Labute approximate surface area is 202 Å². The zero-order chi connectivity index (χ0) is 24.5. The van der Waals surface area contributed by atoms with E-state index in [2.05, 4.69) is 10.6 Å². The van der Waals surface area contributed by atoms with Crippen molar-refractivity contribution in [1.29, 1.82) is 0 Å². The molecule has 1 saturated heterocycles. The van der Waals surface area contributed by atoms with Crippen molar-refractivity contribution in [1.82, 2.24) is 15.5 Å². The zero-order valence-electron chi connectivity index (χ0n) is 20.2. The topological polar surface area (TPSA) is 108 Å². The minimum absolute atomic E-state index is 0.0495. The number of benzene rings is 2. The monoisotopic (exact) mass is 466 g/mol. The summed E-state index contributed by atoms with van der Waals surface area (Å²) in [5.41, 5.74) is 8.47. The number of aliphatic hydroxyl groups excluding tert-OH is 1. The Morgan fingerprint density at radius 1 is 1.06 bits per heavy atom. The Morgan fingerprint density at radius 3 is 2.21 bits per heavy atom. The van der Waals surface area contributed by atoms with Crippen molar-refractivity contribution in [3.05, 3.63) is 71.8 Å². The summed E-state index contributed by atoms with van der Waals surface area (Å²) in [5, 5.41) is 16.9. The van der Waals surface area contributed by atoms with Crippen LogP contribution in [0.15, 0.2) is 60.7 Å². The number of nitrogens with two attached hydrogens (primary N) is 1. The molecule has 0 bridgehead atoms. The van der Waals surface area contributed by atoms with Crippen LogP contribution in [0.2, 0.25) is 0 Å². The quantitative estimate of drug-likeness (QED) is 0.408. The largest absolute Gasteiger partial charge is 0.391 e. The molecule has 1 aliphatic rings. The van der Waals surface area contributed by atoms with Crippen molar-refractivity contribution in [3.8, 4) is 0 Å². The molecular formula is C27H38N4O3. The fourth-order valence-electron chi connectivity index (χ4n) is 4.58. The molecule has 3 amide bonds. The maximum atomic E-state index is 13.4. The smallest absolute Gasteiger partial charge is 0.318 e. The number of nitrogens with zero attached hydrogens (tertiary/aromatic N) is 1. The number of carbonyl (C=O) groups excluding carboxylic acids is 2. The highest BCUT2D eigenvalue weighted by molar-refractivity contribution is 5.87. The average Bonchev–Trinajstić information content (AvgIpc) is 2.81. The van der Waals surface area contributed by atoms with Crippen LogP contribution in [0.4, 0.5) is 4.79 Å². The minimum atomic E-state index is -0.787. The predicted octanol–water partition coefficient (Wildman–Crippen LogP) is 2.47. The molecule has 2 aromatic carbocycles. The first kappa shape index (κ1) is 25.7. The lowest BCUT2D eigenvalue weighted by Gasteiger charge is -2.37. The van der Waals surface area contributed by atoms with Crippen molar-refractivity contribution < 1.29 is 14.7 Å². The van der Waals surface area contributed by atoms with Crippen LogP contribution < -0.4 is 16.4 Å². The van der Waals surface area contributed by atoms with Gasteiger partial charge in [0, 0.05) is 25.2 Å². The Balaban J connectivity index is 1.72. The lowest BCUT2D eigenvalue weighted by atomic mass is 9.93. The number of nitrogens with one attached hydrogen (secondary N) is 2. The molecule has 0 saturated carbocycles. The van der Waals surface area contributed by atoms with Gasteiger partial charge >= 0.3 is 6.03 Å². The molecule has 0 aromatic heterocycles. The molecule has 184 valence electrons. The standard InChI is InChI=1S/C27H38N4O3/c1-19(2)25(31-15-9-14-29-27(31)34)26(33)30-22(16-20-10-5-3-6-11-20)18-24(32)23(28)17-21-12-7-4-8-13-21/h3-8,10-13,19,22-25,32H,9,14-18,28H2,1-2H3,(H,29,34)(H,30,33)/t22-,23-,24-,25-/m1/s1. The number of hydrogen-bond acceptors (Lipinski definition) is 4. The minimum Gasteiger partial charge on any atom is -0.391 e. The molecule has 3 rings (SSSR count). The van der Waals surface area contributed by atoms with Crippen LogP contribution in [0.5, 0.6) is 0 Å². The van der Waals surface area contributed by atoms with E-state index in [1.165, 1.54) is 0 Å². The van der Waals surface area contributed by atoms with Gasteiger partial charge in [-0.1, -0.05) is 74.5 Å². The Kier molecular flexibility index (Phi) is 9.48. The third-order valence-electron chi connectivity index (χ3n) is 6.35. The molecule has 0 radical (unpaired) electrons. The summed E-state index contributed by atoms with van der Waals surface area (Å²) in [6.45, 7) is 5.08. The molecule has 0 aliphatic carbocycles. The van der Waals surface area contributed by atoms with E-state index >= 15 is 0 Å². The second kappa shape index (κ2) is 12.5. The van der Waals surface area contributed by atoms with Gasteiger partial charge in [-0.3, -0.25) is 4.79 Å². The van der Waals surface area contributed by atoms with Crippen LogP contribution >= 0.6 is 0 Å². The highest BCUT2D eigenvalue weighted by atomic mass is 16.3. The molecular weight excluding hydrogens is 428 g/mol. The molecule has 0 unspecified atom stereocenters. The number of hydrogen-bond donors (Lipinski definition) is 4. The number of aliphatic hydroxyl groups is 1. The first-order valence-electron chi connectivity index (χ1n) is 12.2. The fourth-order valence-corrected chi connectivity index (χ4v) is 4.58. The molecule has 4 atom stereocenters. The molecule has 1 fully saturated rings. The normalized spacial score (nSPS) is 17.6. The van der Waals surface area contributed by atoms with Gasteiger partial charge in [-0.15, -0.1) is 0 Å². The van der Waals surface area contributed by atoms with Gasteiger partial charge in [-0.05, 0) is 42.7 Å². The van der Waals surface area contributed by atoms with Gasteiger partial charge in [-0.25, -0.2) is 4.79 Å². The first-order chi connectivity index (χ1) is 16.3. The summed E-state index contributed by atoms with van der Waals surface area (Å²) in [7, 11) is 0. The Hall–Kier alpha value is -2.90. The van der Waals surface area contributed by atoms with Crippen molar-refractivity contribution in [2.24, 2.45) is 11.7 Å². The highest BCUT2D eigenvalue weighted by Gasteiger charge is 2.35. The van der Waals surface area contributed by atoms with Gasteiger partial charge in [0.15, 0.2) is 0 Å². The molecule has 7 nitrogen and oxygen atoms in total. The molecule has 7 heteroatoms. The second-order valence-corrected chi connectivity index (χ2v) is 9.52. The van der Waals surface area contributed by atoms with E-state index in [-0.39, 0.29) is 23.9 Å². The number of amides is 3. The molecule has 5 N–H and O–H groups in total. The van der Waals surface area contributed by atoms with Gasteiger partial charge < -0.3 is 26.4 Å². The SMILES string of the molecule is CC(C)[C@H](C(=O)N[C@H](Cc1ccccc1)C[C@@H](O)[C@H](N)Cc1ccccc1)N1CCCNC1=O. The van der Waals surface area contributed by atoms with Crippen LogP contribution in [0.1, 0.15) is 37.8 Å². The Bertz CT molecular complexity index is 907. The van der Waals surface area contributed by atoms with E-state index in [0.717, 1.165) is 17.5 Å². The molecule has 1 heterocycles. The third-order valence-corrected chi connectivity index (χ3v) is 6.35.